The molecule has 0 bridgehead atoms. The molecule has 5 nitrogen and oxygen atoms in total. The van der Waals surface area contributed by atoms with Gasteiger partial charge in [-0.3, -0.25) is 0 Å². The monoisotopic (exact) mass is 334 g/mol. The fraction of sp³-hybridized carbons (Fsp3) is 0.882. The summed E-state index contributed by atoms with van der Waals surface area (Å²) < 4.78 is 28.9. The summed E-state index contributed by atoms with van der Waals surface area (Å²) >= 11 is 0. The second-order valence-corrected chi connectivity index (χ2v) is 6.62. The Balaban J connectivity index is 0.00000529. The van der Waals surface area contributed by atoms with Crippen LogP contribution in [0.25, 0.3) is 0 Å². The summed E-state index contributed by atoms with van der Waals surface area (Å²) in [6, 6.07) is 0. The molecule has 1 aliphatic rings. The Morgan fingerprint density at radius 3 is 1.92 bits per heavy atom. The van der Waals surface area contributed by atoms with Gasteiger partial charge in [-0.15, -0.1) is 5.92 Å². The third kappa shape index (κ3) is 10.1. The van der Waals surface area contributed by atoms with Crippen molar-refractivity contribution in [3.05, 3.63) is 0 Å². The molecule has 134 valence electrons. The molecule has 1 aliphatic heterocycles. The maximum absolute atomic E-state index is 5.91. The smallest absolute Gasteiger partial charge is 0.532 e. The van der Waals surface area contributed by atoms with E-state index in [1.54, 1.807) is 0 Å². The Labute approximate surface area is 159 Å². The van der Waals surface area contributed by atoms with Gasteiger partial charge in [0, 0.05) is 24.9 Å². The van der Waals surface area contributed by atoms with Crippen molar-refractivity contribution in [1.82, 2.24) is 0 Å². The summed E-state index contributed by atoms with van der Waals surface area (Å²) in [6.45, 7) is 10.6. The molecule has 24 heavy (non-hydrogen) atoms. The zero-order valence-electron chi connectivity index (χ0n) is 16.5. The van der Waals surface area contributed by atoms with Crippen molar-refractivity contribution in [3.63, 3.8) is 0 Å². The van der Waals surface area contributed by atoms with Gasteiger partial charge in [-0.25, -0.2) is 5.82 Å². The number of rotatable bonds is 8. The Bertz CT molecular complexity index is 360. The van der Waals surface area contributed by atoms with Crippen LogP contribution in [0.15, 0.2) is 0 Å². The van der Waals surface area contributed by atoms with E-state index >= 15 is 0 Å². The molecule has 1 atom stereocenters. The largest absolute Gasteiger partial charge is 1.00 e. The average Bonchev–Trinajstić information content (AvgIpc) is 2.42. The van der Waals surface area contributed by atoms with E-state index in [9.17, 15) is 0 Å². The molecule has 7 heteroatoms. The fourth-order valence-electron chi connectivity index (χ4n) is 2.42. The molecule has 1 heterocycles. The maximum atomic E-state index is 5.91. The topological polar surface area (TPSA) is 46.2 Å². The van der Waals surface area contributed by atoms with Crippen molar-refractivity contribution in [2.75, 3.05) is 13.2 Å². The van der Waals surface area contributed by atoms with Crippen LogP contribution in [-0.2, 0) is 23.4 Å². The Kier molecular flexibility index (Phi) is 12.4. The van der Waals surface area contributed by atoms with Crippen molar-refractivity contribution < 1.29 is 42.3 Å². The minimum absolute atomic E-state index is 0. The van der Waals surface area contributed by atoms with Crippen LogP contribution in [-0.4, -0.2) is 44.6 Å². The number of hydrogen-bond donors (Lipinski definition) is 0. The molecule has 0 aromatic rings. The van der Waals surface area contributed by atoms with Crippen LogP contribution < -0.4 is 18.9 Å². The summed E-state index contributed by atoms with van der Waals surface area (Å²) in [5, 5.41) is 0. The Morgan fingerprint density at radius 2 is 1.50 bits per heavy atom. The first-order valence-corrected chi connectivity index (χ1v) is 8.73. The average molecular weight is 334 g/mol. The van der Waals surface area contributed by atoms with E-state index in [2.05, 4.69) is 11.7 Å². The van der Waals surface area contributed by atoms with Gasteiger partial charge >= 0.3 is 25.6 Å². The molecule has 0 radical (unpaired) electrons. The third-order valence-corrected chi connectivity index (χ3v) is 3.11. The molecule has 1 rings (SSSR count). The van der Waals surface area contributed by atoms with Gasteiger partial charge in [-0.1, -0.05) is 0 Å². The second kappa shape index (κ2) is 12.4. The van der Waals surface area contributed by atoms with Crippen LogP contribution in [0.1, 0.15) is 60.8 Å². The number of hydrogen-bond acceptors (Lipinski definition) is 5. The van der Waals surface area contributed by atoms with Gasteiger partial charge in [-0.05, 0) is 60.8 Å². The quantitative estimate of drug-likeness (QED) is 0.472. The van der Waals surface area contributed by atoms with E-state index in [1.807, 2.05) is 41.5 Å². The summed E-state index contributed by atoms with van der Waals surface area (Å²) in [4.78, 5) is 0. The Morgan fingerprint density at radius 1 is 0.958 bits per heavy atom. The van der Waals surface area contributed by atoms with Gasteiger partial charge in [-0.2, -0.15) is 0 Å². The molecule has 0 saturated carbocycles. The predicted molar refractivity (Wildman–Crippen MR) is 91.7 cm³/mol. The van der Waals surface area contributed by atoms with Crippen LogP contribution in [0, 0.1) is 11.7 Å². The summed E-state index contributed by atoms with van der Waals surface area (Å²) in [5.74, 6) is 6.02. The summed E-state index contributed by atoms with van der Waals surface area (Å²) in [5.41, 5.74) is 0. The molecular formula is C17H32BLiO5. The maximum Gasteiger partial charge on any atom is 1.00 e. The van der Waals surface area contributed by atoms with Gasteiger partial charge in [0.05, 0.1) is 0 Å². The van der Waals surface area contributed by atoms with E-state index in [0.29, 0.717) is 0 Å². The SMILES string of the molecule is CC(C)O[B-](C#CCOC1CCCCO1)(OC(C)C)OC(C)C.[Li+]. The van der Waals surface area contributed by atoms with Crippen molar-refractivity contribution in [3.8, 4) is 11.7 Å². The van der Waals surface area contributed by atoms with Crippen molar-refractivity contribution in [2.45, 2.75) is 85.4 Å². The van der Waals surface area contributed by atoms with E-state index in [-0.39, 0.29) is 50.1 Å². The zero-order valence-corrected chi connectivity index (χ0v) is 16.5. The van der Waals surface area contributed by atoms with Crippen LogP contribution in [0.5, 0.6) is 0 Å². The molecule has 0 aromatic carbocycles. The predicted octanol–water partition coefficient (Wildman–Crippen LogP) is 0.290. The fourth-order valence-corrected chi connectivity index (χ4v) is 2.42. The van der Waals surface area contributed by atoms with Crippen molar-refractivity contribution in [1.29, 1.82) is 0 Å². The number of ether oxygens (including phenoxy) is 2. The van der Waals surface area contributed by atoms with E-state index < -0.39 is 6.75 Å². The van der Waals surface area contributed by atoms with Crippen molar-refractivity contribution in [2.24, 2.45) is 0 Å². The molecule has 1 fully saturated rings. The van der Waals surface area contributed by atoms with E-state index in [1.165, 1.54) is 0 Å². The molecular weight excluding hydrogens is 302 g/mol. The van der Waals surface area contributed by atoms with E-state index in [4.69, 9.17) is 23.4 Å². The van der Waals surface area contributed by atoms with E-state index in [0.717, 1.165) is 25.9 Å². The first-order valence-electron chi connectivity index (χ1n) is 8.73. The van der Waals surface area contributed by atoms with Gasteiger partial charge in [0.25, 0.3) is 0 Å². The van der Waals surface area contributed by atoms with Gasteiger partial charge < -0.3 is 23.4 Å². The minimum atomic E-state index is -2.13. The molecule has 1 unspecified atom stereocenters. The Hall–Kier alpha value is 0.0223. The van der Waals surface area contributed by atoms with Crippen LogP contribution >= 0.6 is 0 Å². The minimum Gasteiger partial charge on any atom is -0.532 e. The molecule has 0 spiro atoms. The second-order valence-electron chi connectivity index (χ2n) is 6.62. The molecule has 1 saturated heterocycles. The third-order valence-electron chi connectivity index (χ3n) is 3.11. The van der Waals surface area contributed by atoms with Crippen LogP contribution in [0.3, 0.4) is 0 Å². The molecule has 0 aliphatic carbocycles. The molecule has 0 aromatic heterocycles. The first-order chi connectivity index (χ1) is 10.8. The standard InChI is InChI=1S/C17H32BO5.Li/c1-14(2)21-18(22-15(3)4,23-16(5)6)11-9-13-20-17-10-7-8-12-19-17;/h14-17H,7-8,10,12-13H2,1-6H3;/q-1;+1. The molecule has 0 N–H and O–H groups in total. The molecule has 0 amide bonds. The first kappa shape index (κ1) is 24.0. The van der Waals surface area contributed by atoms with Crippen molar-refractivity contribution >= 4 is 6.75 Å². The summed E-state index contributed by atoms with van der Waals surface area (Å²) in [6.07, 6.45) is 2.85. The zero-order chi connectivity index (χ0) is 17.3. The van der Waals surface area contributed by atoms with Gasteiger partial charge in [0.2, 0.25) is 0 Å². The van der Waals surface area contributed by atoms with Crippen LogP contribution in [0.2, 0.25) is 0 Å². The van der Waals surface area contributed by atoms with Gasteiger partial charge in [0.15, 0.2) is 6.29 Å². The summed E-state index contributed by atoms with van der Waals surface area (Å²) in [7, 11) is 0. The van der Waals surface area contributed by atoms with Gasteiger partial charge in [0.1, 0.15) is 6.61 Å². The van der Waals surface area contributed by atoms with Crippen LogP contribution in [0.4, 0.5) is 0 Å². The normalized spacial score (nSPS) is 18.5.